The number of urea groups is 1. The molecule has 0 rings (SSSR count). The zero-order valence-electron chi connectivity index (χ0n) is 21.4. The van der Waals surface area contributed by atoms with Gasteiger partial charge in [-0.1, -0.05) is 13.0 Å². The van der Waals surface area contributed by atoms with E-state index in [1.807, 2.05) is 0 Å². The van der Waals surface area contributed by atoms with Crippen molar-refractivity contribution in [2.24, 2.45) is 50.1 Å². The summed E-state index contributed by atoms with van der Waals surface area (Å²) >= 11 is 0. The highest BCUT2D eigenvalue weighted by Gasteiger charge is 2.11. The van der Waals surface area contributed by atoms with E-state index in [-0.39, 0.29) is 19.3 Å². The molecular weight excluding hydrogens is 540 g/mol. The van der Waals surface area contributed by atoms with Gasteiger partial charge in [0.2, 0.25) is 5.96 Å². The second-order valence-corrected chi connectivity index (χ2v) is 7.24. The van der Waals surface area contributed by atoms with E-state index in [1.165, 1.54) is 0 Å². The number of amides is 2. The van der Waals surface area contributed by atoms with E-state index in [2.05, 4.69) is 20.9 Å². The highest BCUT2D eigenvalue weighted by Crippen LogP contribution is 1.95. The zero-order chi connectivity index (χ0) is 31.4. The number of nitrogens with zero attached hydrogens (tertiary/aromatic N) is 2. The summed E-state index contributed by atoms with van der Waals surface area (Å²) in [4.78, 5) is 55.6. The Hall–Kier alpha value is -4.34. The number of hydrogen-bond donors (Lipinski definition) is 14. The lowest BCUT2D eigenvalue weighted by atomic mass is 10.2. The molecule has 21 N–H and O–H groups in total. The predicted octanol–water partition coefficient (Wildman–Crippen LogP) is -3.26. The van der Waals surface area contributed by atoms with Gasteiger partial charge in [0.15, 0.2) is 5.96 Å². The van der Waals surface area contributed by atoms with Crippen LogP contribution in [0.1, 0.15) is 46.0 Å². The lowest BCUT2D eigenvalue weighted by Crippen LogP contribution is -2.33. The standard InChI is InChI=1S/C6H14N4O3.C6H14N4O2.C6H13N3O3.CH4.HNO/c7-4(5(11)12)2-1-3-9-6(8)10-13;7-4(5(11)12)2-1-3-10-6(8)9;7-4(5(10)11)2-1-3-9-6(8)12;;1-2/h4,13H,1-3,7H2,(H,11,12)(H3,8,9,10);4H,1-3,7H2,(H,11,12)(H4,8,9,10);4H,1-3,7H2,(H,10,11)(H3,8,9,12);1H4;1H. The van der Waals surface area contributed by atoms with Gasteiger partial charge in [-0.2, -0.15) is 4.91 Å². The highest BCUT2D eigenvalue weighted by molar-refractivity contribution is 5.76. The number of carbonyl (C=O) groups is 4. The minimum Gasteiger partial charge on any atom is -0.480 e. The van der Waals surface area contributed by atoms with Crippen molar-refractivity contribution in [1.82, 2.24) is 10.8 Å². The zero-order valence-corrected chi connectivity index (χ0v) is 21.4. The van der Waals surface area contributed by atoms with Gasteiger partial charge in [-0.3, -0.25) is 29.6 Å². The molecule has 0 heterocycles. The van der Waals surface area contributed by atoms with Gasteiger partial charge >= 0.3 is 23.9 Å². The molecule has 0 bridgehead atoms. The van der Waals surface area contributed by atoms with Gasteiger partial charge in [-0.25, -0.2) is 10.3 Å². The number of hydrogen-bond acceptors (Lipinski definition) is 12. The average Bonchev–Trinajstić information content (AvgIpc) is 2.87. The fourth-order valence-electron chi connectivity index (χ4n) is 1.97. The Morgan fingerprint density at radius 3 is 1.35 bits per heavy atom. The third-order valence-electron chi connectivity index (χ3n) is 3.98. The van der Waals surface area contributed by atoms with Crippen molar-refractivity contribution >= 4 is 35.9 Å². The molecule has 21 heteroatoms. The van der Waals surface area contributed by atoms with Crippen LogP contribution in [0.3, 0.4) is 0 Å². The summed E-state index contributed by atoms with van der Waals surface area (Å²) in [5, 5.41) is 35.7. The number of aliphatic imine (C=N–C) groups is 2. The fraction of sp³-hybridized carbons (Fsp3) is 0.684. The van der Waals surface area contributed by atoms with Crippen molar-refractivity contribution in [3.8, 4) is 0 Å². The third-order valence-corrected chi connectivity index (χ3v) is 3.98. The molecule has 0 saturated carbocycles. The van der Waals surface area contributed by atoms with Crippen LogP contribution in [0.25, 0.3) is 0 Å². The smallest absolute Gasteiger partial charge is 0.320 e. The molecule has 0 aliphatic carbocycles. The monoisotopic (exact) mass is 586 g/mol. The number of aliphatic carboxylic acids is 3. The van der Waals surface area contributed by atoms with Crippen molar-refractivity contribution in [2.75, 3.05) is 19.6 Å². The van der Waals surface area contributed by atoms with Crippen molar-refractivity contribution in [3.63, 3.8) is 0 Å². The molecule has 2 amide bonds. The summed E-state index contributed by atoms with van der Waals surface area (Å²) in [7, 11) is 0. The Morgan fingerprint density at radius 1 is 0.700 bits per heavy atom. The van der Waals surface area contributed by atoms with Gasteiger partial charge in [0, 0.05) is 19.6 Å². The minimum absolute atomic E-state index is 0. The molecule has 0 aliphatic heterocycles. The van der Waals surface area contributed by atoms with Crippen molar-refractivity contribution < 1.29 is 39.7 Å². The fourth-order valence-corrected chi connectivity index (χ4v) is 1.97. The quantitative estimate of drug-likeness (QED) is 0.0294. The number of nitrogens with one attached hydrogen (secondary N) is 3. The van der Waals surface area contributed by atoms with Crippen molar-refractivity contribution in [2.45, 2.75) is 64.1 Å². The van der Waals surface area contributed by atoms with E-state index < -0.39 is 42.1 Å². The number of nitrogens with two attached hydrogens (primary N) is 7. The maximum absolute atomic E-state index is 10.2. The summed E-state index contributed by atoms with van der Waals surface area (Å²) in [6, 6.07) is -3.16. The van der Waals surface area contributed by atoms with Gasteiger partial charge < -0.3 is 60.8 Å². The SMILES string of the molecule is C.N=O.NC(=NCCCC(N)C(=O)O)NO.NC(=O)NCCCC(N)C(=O)O.NC(N)=NCCCC(N)C(=O)O. The Balaban J connectivity index is -0.000000147. The first-order chi connectivity index (χ1) is 18.1. The normalized spacial score (nSPS) is 11.8. The van der Waals surface area contributed by atoms with E-state index in [0.29, 0.717) is 58.2 Å². The van der Waals surface area contributed by atoms with E-state index in [1.54, 1.807) is 5.48 Å². The summed E-state index contributed by atoms with van der Waals surface area (Å²) in [5.74, 6) is -3.14. The summed E-state index contributed by atoms with van der Waals surface area (Å²) in [5.41, 5.74) is 41.8. The molecule has 40 heavy (non-hydrogen) atoms. The molecule has 0 aromatic heterocycles. The second kappa shape index (κ2) is 30.9. The van der Waals surface area contributed by atoms with Gasteiger partial charge in [0.1, 0.15) is 18.1 Å². The molecule has 3 atom stereocenters. The van der Waals surface area contributed by atoms with Crippen LogP contribution in [0.4, 0.5) is 4.79 Å². The predicted molar refractivity (Wildman–Crippen MR) is 147 cm³/mol. The molecule has 0 aromatic rings. The Bertz CT molecular complexity index is 752. The molecule has 0 aromatic carbocycles. The Kier molecular flexibility index (Phi) is 35.2. The molecule has 236 valence electrons. The first kappa shape index (κ1) is 45.6. The van der Waals surface area contributed by atoms with Crippen LogP contribution in [0, 0.1) is 10.5 Å². The largest absolute Gasteiger partial charge is 0.480 e. The van der Waals surface area contributed by atoms with E-state index >= 15 is 0 Å². The topological polar surface area (TPSA) is 421 Å². The molecule has 0 saturated heterocycles. The number of carboxylic acid groups (broad SMARTS) is 3. The van der Waals surface area contributed by atoms with Gasteiger partial charge in [0.05, 0.1) is 0 Å². The summed E-state index contributed by atoms with van der Waals surface area (Å²) < 4.78 is 0. The summed E-state index contributed by atoms with van der Waals surface area (Å²) in [6.07, 6.45) is 2.64. The van der Waals surface area contributed by atoms with Crippen molar-refractivity contribution in [1.29, 1.82) is 5.59 Å². The minimum atomic E-state index is -1.03. The molecule has 0 aliphatic rings. The Morgan fingerprint density at radius 2 is 1.05 bits per heavy atom. The average molecular weight is 587 g/mol. The maximum atomic E-state index is 10.2. The molecule has 21 nitrogen and oxygen atoms in total. The van der Waals surface area contributed by atoms with Gasteiger partial charge in [-0.05, 0) is 38.5 Å². The highest BCUT2D eigenvalue weighted by atomic mass is 16.5. The van der Waals surface area contributed by atoms with Crippen LogP contribution in [0.15, 0.2) is 9.98 Å². The molecule has 0 fully saturated rings. The Labute approximate surface area is 231 Å². The molecule has 0 radical (unpaired) electrons. The number of carboxylic acids is 3. The van der Waals surface area contributed by atoms with Crippen LogP contribution in [0.5, 0.6) is 0 Å². The number of guanidine groups is 2. The van der Waals surface area contributed by atoms with Crippen LogP contribution in [-0.4, -0.2) is 94.1 Å². The first-order valence-corrected chi connectivity index (χ1v) is 11.1. The van der Waals surface area contributed by atoms with Crippen LogP contribution in [-0.2, 0) is 14.4 Å². The number of rotatable bonds is 15. The number of carbonyl (C=O) groups excluding carboxylic acids is 1. The van der Waals surface area contributed by atoms with E-state index in [0.717, 1.165) is 0 Å². The van der Waals surface area contributed by atoms with Gasteiger partial charge in [-0.15, -0.1) is 0 Å². The van der Waals surface area contributed by atoms with Crippen LogP contribution >= 0.6 is 0 Å². The first-order valence-electron chi connectivity index (χ1n) is 11.1. The number of hydroxylamine groups is 1. The maximum Gasteiger partial charge on any atom is 0.320 e. The molecular formula is C19H46N12O9. The van der Waals surface area contributed by atoms with E-state index in [4.69, 9.17) is 65.6 Å². The van der Waals surface area contributed by atoms with Crippen molar-refractivity contribution in [3.05, 3.63) is 4.91 Å². The second-order valence-electron chi connectivity index (χ2n) is 7.24. The number of nitroso groups, excluding NO2 is 1. The lowest BCUT2D eigenvalue weighted by Gasteiger charge is -2.05. The van der Waals surface area contributed by atoms with Crippen LogP contribution in [0.2, 0.25) is 0 Å². The van der Waals surface area contributed by atoms with Crippen LogP contribution < -0.4 is 50.9 Å². The molecule has 3 unspecified atom stereocenters. The van der Waals surface area contributed by atoms with Gasteiger partial charge in [0.25, 0.3) is 0 Å². The lowest BCUT2D eigenvalue weighted by molar-refractivity contribution is -0.139. The summed E-state index contributed by atoms with van der Waals surface area (Å²) in [6.45, 7) is 1.11. The molecule has 0 spiro atoms. The van der Waals surface area contributed by atoms with E-state index in [9.17, 15) is 19.2 Å². The third kappa shape index (κ3) is 38.2. The number of primary amides is 1.